The Kier molecular flexibility index (Phi) is 5.24. The summed E-state index contributed by atoms with van der Waals surface area (Å²) in [6.07, 6.45) is -4.06. The fourth-order valence-electron chi connectivity index (χ4n) is 0.279. The van der Waals surface area contributed by atoms with Crippen molar-refractivity contribution in [3.05, 3.63) is 0 Å². The molecule has 0 aromatic rings. The molecule has 0 saturated carbocycles. The van der Waals surface area contributed by atoms with Crippen LogP contribution in [0.1, 0.15) is 0 Å². The maximum Gasteiger partial charge on any atom is 0.522 e. The van der Waals surface area contributed by atoms with Gasteiger partial charge in [-0.2, -0.15) is 12.9 Å². The maximum atomic E-state index is 12.1. The first kappa shape index (κ1) is 14.1. The molecule has 1 atom stereocenters. The minimum Gasteiger partial charge on any atom is -0.278 e. The average Bonchev–Trinajstić information content (AvgIpc) is 2.14. The highest BCUT2D eigenvalue weighted by molar-refractivity contribution is 7.49. The highest BCUT2D eigenvalue weighted by Crippen LogP contribution is 2.52. The summed E-state index contributed by atoms with van der Waals surface area (Å²) >= 11 is 4.33. The molecule has 4 nitrogen and oxygen atoms in total. The third-order valence-electron chi connectivity index (χ3n) is 0.903. The van der Waals surface area contributed by atoms with Crippen molar-refractivity contribution in [2.24, 2.45) is 0 Å². The minimum atomic E-state index is -5.03. The molecule has 0 radical (unpaired) electrons. The van der Waals surface area contributed by atoms with Crippen LogP contribution in [-0.4, -0.2) is 19.0 Å². The molecule has 0 fully saturated rings. The van der Waals surface area contributed by atoms with E-state index in [9.17, 15) is 26.7 Å². The van der Waals surface area contributed by atoms with Gasteiger partial charge in [-0.25, -0.2) is 13.3 Å². The second-order valence-electron chi connectivity index (χ2n) is 1.92. The Morgan fingerprint density at radius 1 is 1.43 bits per heavy atom. The smallest absolute Gasteiger partial charge is 0.278 e. The monoisotopic (exact) mass is 264 g/mol. The molecule has 0 bridgehead atoms. The summed E-state index contributed by atoms with van der Waals surface area (Å²) < 4.78 is 77.9. The molecule has 0 aliphatic carbocycles. The number of hydrogen-bond acceptors (Lipinski definition) is 4. The van der Waals surface area contributed by atoms with E-state index in [1.807, 2.05) is 0 Å². The fourth-order valence-corrected chi connectivity index (χ4v) is 0.893. The Balaban J connectivity index is 4.24. The van der Waals surface area contributed by atoms with Crippen molar-refractivity contribution in [1.29, 1.82) is 0 Å². The van der Waals surface area contributed by atoms with Crippen LogP contribution in [0.3, 0.4) is 0 Å². The molecule has 0 aliphatic rings. The maximum absolute atomic E-state index is 12.1. The Morgan fingerprint density at radius 3 is 2.21 bits per heavy atom. The zero-order chi connectivity index (χ0) is 11.4. The highest BCUT2D eigenvalue weighted by Gasteiger charge is 2.44. The molecular formula is C3H3ClF5O4P. The second kappa shape index (κ2) is 5.22. The highest BCUT2D eigenvalue weighted by atomic mass is 35.5. The molecule has 0 aliphatic heterocycles. The molecular weight excluding hydrogens is 261 g/mol. The van der Waals surface area contributed by atoms with E-state index in [0.717, 1.165) is 0 Å². The van der Waals surface area contributed by atoms with E-state index in [4.69, 9.17) is 0 Å². The summed E-state index contributed by atoms with van der Waals surface area (Å²) in [7, 11) is -5.03. The van der Waals surface area contributed by atoms with Gasteiger partial charge in [-0.3, -0.25) is 4.52 Å². The first-order chi connectivity index (χ1) is 6.27. The van der Waals surface area contributed by atoms with Crippen molar-refractivity contribution in [2.45, 2.75) is 12.3 Å². The van der Waals surface area contributed by atoms with Crippen molar-refractivity contribution in [3.8, 4) is 0 Å². The summed E-state index contributed by atoms with van der Waals surface area (Å²) in [6.45, 7) is -2.06. The molecule has 0 spiro atoms. The molecule has 1 unspecified atom stereocenters. The van der Waals surface area contributed by atoms with Crippen molar-refractivity contribution in [2.75, 3.05) is 6.61 Å². The predicted octanol–water partition coefficient (Wildman–Crippen LogP) is 3.08. The van der Waals surface area contributed by atoms with Gasteiger partial charge in [0.1, 0.15) is 6.61 Å². The third kappa shape index (κ3) is 4.05. The standard InChI is InChI=1S/C3H3ClF5O4P/c4-12-14(10,13-9)11-1-3(7,8)2(5)6/h2H,1H2. The molecule has 0 aromatic carbocycles. The van der Waals surface area contributed by atoms with Crippen LogP contribution in [0.15, 0.2) is 0 Å². The van der Waals surface area contributed by atoms with Gasteiger partial charge in [-0.1, -0.05) is 4.73 Å². The zero-order valence-corrected chi connectivity index (χ0v) is 7.78. The molecule has 0 heterocycles. The van der Waals surface area contributed by atoms with Crippen LogP contribution in [0.2, 0.25) is 0 Å². The Morgan fingerprint density at radius 2 is 1.93 bits per heavy atom. The van der Waals surface area contributed by atoms with E-state index in [2.05, 4.69) is 25.2 Å². The van der Waals surface area contributed by atoms with Gasteiger partial charge in [0.05, 0.1) is 11.9 Å². The Bertz CT molecular complexity index is 217. The van der Waals surface area contributed by atoms with Crippen LogP contribution in [0, 0.1) is 0 Å². The third-order valence-corrected chi connectivity index (χ3v) is 2.19. The van der Waals surface area contributed by atoms with Crippen molar-refractivity contribution in [1.82, 2.24) is 0 Å². The van der Waals surface area contributed by atoms with Crippen LogP contribution < -0.4 is 0 Å². The lowest BCUT2D eigenvalue weighted by Gasteiger charge is -2.16. The van der Waals surface area contributed by atoms with Gasteiger partial charge >= 0.3 is 20.2 Å². The lowest BCUT2D eigenvalue weighted by molar-refractivity contribution is -0.156. The van der Waals surface area contributed by atoms with Crippen LogP contribution in [0.5, 0.6) is 0 Å². The number of halogens is 6. The Hall–Kier alpha value is 0.0500. The Labute approximate surface area is 79.6 Å². The van der Waals surface area contributed by atoms with Crippen LogP contribution >= 0.6 is 19.7 Å². The summed E-state index contributed by atoms with van der Waals surface area (Å²) in [6, 6.07) is 0. The average molecular weight is 264 g/mol. The van der Waals surface area contributed by atoms with Gasteiger partial charge < -0.3 is 0 Å². The molecule has 14 heavy (non-hydrogen) atoms. The van der Waals surface area contributed by atoms with Crippen molar-refractivity contribution >= 4 is 19.7 Å². The molecule has 0 N–H and O–H groups in total. The molecule has 86 valence electrons. The van der Waals surface area contributed by atoms with Crippen molar-refractivity contribution < 1.29 is 40.0 Å². The lowest BCUT2D eigenvalue weighted by atomic mass is 10.4. The zero-order valence-electron chi connectivity index (χ0n) is 6.13. The summed E-state index contributed by atoms with van der Waals surface area (Å²) in [5.74, 6) is -4.61. The van der Waals surface area contributed by atoms with E-state index in [0.29, 0.717) is 0 Å². The quantitative estimate of drug-likeness (QED) is 0.546. The topological polar surface area (TPSA) is 44.8 Å². The number of phosphoric acid groups is 1. The van der Waals surface area contributed by atoms with E-state index >= 15 is 0 Å². The first-order valence-corrected chi connectivity index (χ1v) is 4.55. The van der Waals surface area contributed by atoms with Gasteiger partial charge in [0.25, 0.3) is 0 Å². The number of rotatable bonds is 6. The largest absolute Gasteiger partial charge is 0.522 e. The van der Waals surface area contributed by atoms with E-state index in [1.54, 1.807) is 0 Å². The second-order valence-corrected chi connectivity index (χ2v) is 3.76. The molecule has 11 heteroatoms. The summed E-state index contributed by atoms with van der Waals surface area (Å²) in [5.41, 5.74) is 0. The van der Waals surface area contributed by atoms with Crippen LogP contribution in [0.4, 0.5) is 22.1 Å². The lowest BCUT2D eigenvalue weighted by Crippen LogP contribution is -2.31. The molecule has 0 saturated heterocycles. The van der Waals surface area contributed by atoms with Gasteiger partial charge in [-0.05, 0) is 4.53 Å². The molecule has 0 rings (SSSR count). The fraction of sp³-hybridized carbons (Fsp3) is 1.00. The molecule has 0 amide bonds. The van der Waals surface area contributed by atoms with Crippen LogP contribution in [-0.2, 0) is 17.9 Å². The van der Waals surface area contributed by atoms with E-state index in [1.165, 1.54) is 0 Å². The summed E-state index contributed by atoms with van der Waals surface area (Å²) in [4.78, 5) is 0. The summed E-state index contributed by atoms with van der Waals surface area (Å²) in [5, 5.41) is 0. The minimum absolute atomic E-state index is 2.06. The van der Waals surface area contributed by atoms with E-state index < -0.39 is 26.8 Å². The van der Waals surface area contributed by atoms with Gasteiger partial charge in [-0.15, -0.1) is 0 Å². The van der Waals surface area contributed by atoms with Crippen LogP contribution in [0.25, 0.3) is 0 Å². The van der Waals surface area contributed by atoms with Gasteiger partial charge in [0.15, 0.2) is 0 Å². The molecule has 0 aromatic heterocycles. The van der Waals surface area contributed by atoms with E-state index in [-0.39, 0.29) is 0 Å². The normalized spacial score (nSPS) is 17.1. The van der Waals surface area contributed by atoms with Crippen molar-refractivity contribution in [3.63, 3.8) is 0 Å². The SMILES string of the molecule is O=P(OF)(OCl)OCC(F)(F)C(F)F. The first-order valence-electron chi connectivity index (χ1n) is 2.78. The van der Waals surface area contributed by atoms with Gasteiger partial charge in [0.2, 0.25) is 0 Å². The van der Waals surface area contributed by atoms with Gasteiger partial charge in [0, 0.05) is 0 Å². The number of alkyl halides is 4. The predicted molar refractivity (Wildman–Crippen MR) is 33.6 cm³/mol. The number of hydrogen-bond donors (Lipinski definition) is 0.